The van der Waals surface area contributed by atoms with Crippen LogP contribution in [0.2, 0.25) is 0 Å². The summed E-state index contributed by atoms with van der Waals surface area (Å²) in [4.78, 5) is 38.3. The maximum Gasteiger partial charge on any atom is 0.321 e. The molecule has 8 nitrogen and oxygen atoms in total. The van der Waals surface area contributed by atoms with Gasteiger partial charge in [-0.1, -0.05) is 0 Å². The van der Waals surface area contributed by atoms with Gasteiger partial charge >= 0.3 is 6.03 Å². The second-order valence-corrected chi connectivity index (χ2v) is 7.45. The predicted molar refractivity (Wildman–Crippen MR) is 103 cm³/mol. The number of hydrogen-bond acceptors (Lipinski definition) is 6. The Morgan fingerprint density at radius 3 is 2.46 bits per heavy atom. The molecular formula is C20H27N3O5. The number of hydrogen-bond donors (Lipinski definition) is 2. The highest BCUT2D eigenvalue weighted by Crippen LogP contribution is 2.32. The van der Waals surface area contributed by atoms with Gasteiger partial charge in [0.25, 0.3) is 0 Å². The van der Waals surface area contributed by atoms with Crippen molar-refractivity contribution in [2.45, 2.75) is 32.7 Å². The third-order valence-electron chi connectivity index (χ3n) is 4.82. The molecule has 3 rings (SSSR count). The summed E-state index contributed by atoms with van der Waals surface area (Å²) in [6.07, 6.45) is 1.36. The van der Waals surface area contributed by atoms with Gasteiger partial charge in [-0.3, -0.25) is 19.8 Å². The molecule has 0 aromatic heterocycles. The first-order chi connectivity index (χ1) is 13.4. The van der Waals surface area contributed by atoms with Gasteiger partial charge in [-0.05, 0) is 58.0 Å². The molecule has 152 valence electrons. The average Bonchev–Trinajstić information content (AvgIpc) is 2.66. The molecule has 1 aromatic rings. The van der Waals surface area contributed by atoms with Crippen molar-refractivity contribution in [2.75, 3.05) is 32.8 Å². The highest BCUT2D eigenvalue weighted by atomic mass is 16.6. The molecule has 1 aromatic carbocycles. The van der Waals surface area contributed by atoms with Crippen LogP contribution in [0.1, 0.15) is 37.0 Å². The number of urea groups is 1. The Balaban J connectivity index is 1.48. The van der Waals surface area contributed by atoms with Crippen molar-refractivity contribution in [3.05, 3.63) is 23.8 Å². The quantitative estimate of drug-likeness (QED) is 0.743. The van der Waals surface area contributed by atoms with Crippen LogP contribution in [0.25, 0.3) is 0 Å². The Bertz CT molecular complexity index is 741. The van der Waals surface area contributed by atoms with Gasteiger partial charge in [-0.25, -0.2) is 4.79 Å². The Morgan fingerprint density at radius 1 is 1.11 bits per heavy atom. The number of nitrogens with one attached hydrogen (secondary N) is 2. The number of piperidine rings is 1. The molecule has 8 heteroatoms. The molecular weight excluding hydrogens is 362 g/mol. The van der Waals surface area contributed by atoms with Gasteiger partial charge in [0.15, 0.2) is 17.3 Å². The number of likely N-dealkylation sites (tertiary alicyclic amines) is 1. The van der Waals surface area contributed by atoms with E-state index in [-0.39, 0.29) is 30.2 Å². The predicted octanol–water partition coefficient (Wildman–Crippen LogP) is 1.59. The summed E-state index contributed by atoms with van der Waals surface area (Å²) in [7, 11) is 0. The van der Waals surface area contributed by atoms with Gasteiger partial charge in [0.1, 0.15) is 13.2 Å². The number of fused-ring (bicyclic) bond motifs is 1. The van der Waals surface area contributed by atoms with Crippen LogP contribution >= 0.6 is 0 Å². The van der Waals surface area contributed by atoms with Crippen molar-refractivity contribution >= 4 is 17.7 Å². The summed E-state index contributed by atoms with van der Waals surface area (Å²) in [5.41, 5.74) is 0.630. The molecule has 2 N–H and O–H groups in total. The van der Waals surface area contributed by atoms with E-state index in [0.717, 1.165) is 0 Å². The number of rotatable bonds is 5. The smallest absolute Gasteiger partial charge is 0.321 e. The largest absolute Gasteiger partial charge is 0.486 e. The van der Waals surface area contributed by atoms with Crippen LogP contribution in [-0.4, -0.2) is 61.5 Å². The second kappa shape index (κ2) is 9.05. The van der Waals surface area contributed by atoms with Crippen LogP contribution in [0, 0.1) is 5.92 Å². The summed E-state index contributed by atoms with van der Waals surface area (Å²) in [6.45, 7) is 6.09. The fourth-order valence-corrected chi connectivity index (χ4v) is 3.45. The van der Waals surface area contributed by atoms with Crippen molar-refractivity contribution < 1.29 is 23.9 Å². The van der Waals surface area contributed by atoms with Gasteiger partial charge in [-0.2, -0.15) is 0 Å². The molecule has 1 fully saturated rings. The number of ether oxygens (including phenoxy) is 2. The van der Waals surface area contributed by atoms with E-state index >= 15 is 0 Å². The molecule has 0 atom stereocenters. The van der Waals surface area contributed by atoms with Crippen LogP contribution in [0.3, 0.4) is 0 Å². The average molecular weight is 389 g/mol. The van der Waals surface area contributed by atoms with E-state index in [1.165, 1.54) is 0 Å². The lowest BCUT2D eigenvalue weighted by molar-refractivity contribution is -0.121. The van der Waals surface area contributed by atoms with E-state index in [1.54, 1.807) is 18.2 Å². The minimum atomic E-state index is -0.483. The summed E-state index contributed by atoms with van der Waals surface area (Å²) in [5.74, 6) is 0.967. The number of amides is 3. The van der Waals surface area contributed by atoms with E-state index in [1.807, 2.05) is 18.7 Å². The zero-order valence-corrected chi connectivity index (χ0v) is 16.3. The topological polar surface area (TPSA) is 97.0 Å². The maximum absolute atomic E-state index is 12.8. The van der Waals surface area contributed by atoms with Gasteiger partial charge in [0.05, 0.1) is 6.54 Å². The van der Waals surface area contributed by atoms with Crippen molar-refractivity contribution in [3.8, 4) is 11.5 Å². The first kappa shape index (κ1) is 20.1. The molecule has 2 heterocycles. The highest BCUT2D eigenvalue weighted by molar-refractivity contribution is 5.98. The van der Waals surface area contributed by atoms with Gasteiger partial charge in [0.2, 0.25) is 5.91 Å². The van der Waals surface area contributed by atoms with E-state index in [0.29, 0.717) is 56.2 Å². The van der Waals surface area contributed by atoms with Gasteiger partial charge in [0, 0.05) is 17.5 Å². The Hall–Kier alpha value is -2.61. The third kappa shape index (κ3) is 5.22. The van der Waals surface area contributed by atoms with E-state index in [2.05, 4.69) is 10.6 Å². The number of ketones is 1. The highest BCUT2D eigenvalue weighted by Gasteiger charge is 2.28. The minimum absolute atomic E-state index is 0.0323. The van der Waals surface area contributed by atoms with Crippen LogP contribution < -0.4 is 20.1 Å². The Morgan fingerprint density at radius 2 is 1.79 bits per heavy atom. The van der Waals surface area contributed by atoms with Gasteiger partial charge < -0.3 is 14.8 Å². The minimum Gasteiger partial charge on any atom is -0.486 e. The molecule has 2 aliphatic rings. The number of carbonyl (C=O) groups excluding carboxylic acids is 3. The number of carbonyl (C=O) groups is 3. The fourth-order valence-electron chi connectivity index (χ4n) is 3.45. The number of nitrogens with zero attached hydrogens (tertiary/aromatic N) is 1. The van der Waals surface area contributed by atoms with Gasteiger partial charge in [-0.15, -0.1) is 0 Å². The molecule has 1 saturated heterocycles. The summed E-state index contributed by atoms with van der Waals surface area (Å²) >= 11 is 0. The Kier molecular flexibility index (Phi) is 6.51. The van der Waals surface area contributed by atoms with Crippen molar-refractivity contribution in [1.29, 1.82) is 0 Å². The van der Waals surface area contributed by atoms with E-state index in [9.17, 15) is 14.4 Å². The van der Waals surface area contributed by atoms with Crippen molar-refractivity contribution in [1.82, 2.24) is 15.5 Å². The molecule has 28 heavy (non-hydrogen) atoms. The lowest BCUT2D eigenvalue weighted by Crippen LogP contribution is -2.48. The number of Topliss-reactive ketones (excluding diaryl/α,β-unsaturated/α-hetero) is 1. The lowest BCUT2D eigenvalue weighted by atomic mass is 9.88. The van der Waals surface area contributed by atoms with E-state index in [4.69, 9.17) is 9.47 Å². The monoisotopic (exact) mass is 389 g/mol. The van der Waals surface area contributed by atoms with Crippen LogP contribution in [0.15, 0.2) is 18.2 Å². The zero-order chi connectivity index (χ0) is 20.1. The number of imide groups is 1. The SMILES string of the molecule is CC(C)NC(=O)NC(=O)CN1CCC(C(=O)c2ccc3c(c2)OCCO3)CC1. The maximum atomic E-state index is 12.8. The van der Waals surface area contributed by atoms with Crippen LogP contribution in [0.4, 0.5) is 4.79 Å². The third-order valence-corrected chi connectivity index (χ3v) is 4.82. The van der Waals surface area contributed by atoms with E-state index < -0.39 is 6.03 Å². The fraction of sp³-hybridized carbons (Fsp3) is 0.550. The standard InChI is InChI=1S/C20H27N3O5/c1-13(2)21-20(26)22-18(24)12-23-7-5-14(6-8-23)19(25)15-3-4-16-17(11-15)28-10-9-27-16/h3-4,11,13-14H,5-10,12H2,1-2H3,(H2,21,22,24,26). The molecule has 0 radical (unpaired) electrons. The van der Waals surface area contributed by atoms with Crippen LogP contribution in [-0.2, 0) is 4.79 Å². The summed E-state index contributed by atoms with van der Waals surface area (Å²) in [6, 6.07) is 4.80. The summed E-state index contributed by atoms with van der Waals surface area (Å²) < 4.78 is 11.0. The molecule has 2 aliphatic heterocycles. The first-order valence-corrected chi connectivity index (χ1v) is 9.69. The van der Waals surface area contributed by atoms with Crippen molar-refractivity contribution in [2.24, 2.45) is 5.92 Å². The first-order valence-electron chi connectivity index (χ1n) is 9.69. The molecule has 0 bridgehead atoms. The molecule has 0 saturated carbocycles. The molecule has 3 amide bonds. The molecule has 0 unspecified atom stereocenters. The normalized spacial score (nSPS) is 17.2. The lowest BCUT2D eigenvalue weighted by Gasteiger charge is -2.30. The second-order valence-electron chi connectivity index (χ2n) is 7.45. The summed E-state index contributed by atoms with van der Waals surface area (Å²) in [5, 5.41) is 4.94. The van der Waals surface area contributed by atoms with Crippen molar-refractivity contribution in [3.63, 3.8) is 0 Å². The molecule has 0 aliphatic carbocycles. The number of benzene rings is 1. The zero-order valence-electron chi connectivity index (χ0n) is 16.3. The van der Waals surface area contributed by atoms with Crippen LogP contribution in [0.5, 0.6) is 11.5 Å². The Labute approximate surface area is 164 Å². The molecule has 0 spiro atoms.